The van der Waals surface area contributed by atoms with Gasteiger partial charge < -0.3 is 0 Å². The molecule has 4 aromatic heterocycles. The van der Waals surface area contributed by atoms with Gasteiger partial charge in [-0.3, -0.25) is 4.57 Å². The van der Waals surface area contributed by atoms with E-state index in [1.165, 1.54) is 67.6 Å². The Morgan fingerprint density at radius 2 is 1.04 bits per heavy atom. The van der Waals surface area contributed by atoms with Crippen LogP contribution in [0.25, 0.3) is 113 Å². The summed E-state index contributed by atoms with van der Waals surface area (Å²) >= 11 is 3.73. The van der Waals surface area contributed by atoms with E-state index in [4.69, 9.17) is 9.97 Å². The van der Waals surface area contributed by atoms with Crippen molar-refractivity contribution in [3.8, 4) is 39.5 Å². The van der Waals surface area contributed by atoms with Gasteiger partial charge in [-0.25, -0.2) is 9.97 Å². The van der Waals surface area contributed by atoms with E-state index < -0.39 is 0 Å². The SMILES string of the molecule is c1ccc(-n2c(-c3ccc(-c4cc5c(-c6ccc7sc8ccccc8c7c6)nc6ccccc6c5c5c4sc4ccccc45)cc3)nc3ccccc32)cc1. The Morgan fingerprint density at radius 1 is 0.400 bits per heavy atom. The summed E-state index contributed by atoms with van der Waals surface area (Å²) in [5.41, 5.74) is 9.78. The Kier molecular flexibility index (Phi) is 6.67. The van der Waals surface area contributed by atoms with Crippen molar-refractivity contribution in [3.05, 3.63) is 176 Å². The normalized spacial score (nSPS) is 12.0. The zero-order chi connectivity index (χ0) is 36.0. The number of aromatic nitrogens is 3. The highest BCUT2D eigenvalue weighted by Crippen LogP contribution is 2.48. The van der Waals surface area contributed by atoms with Crippen molar-refractivity contribution in [2.75, 3.05) is 0 Å². The van der Waals surface area contributed by atoms with Crippen molar-refractivity contribution in [2.45, 2.75) is 0 Å². The third-order valence-corrected chi connectivity index (χ3v) is 13.3. The van der Waals surface area contributed by atoms with E-state index in [2.05, 4.69) is 180 Å². The lowest BCUT2D eigenvalue weighted by molar-refractivity contribution is 1.10. The van der Waals surface area contributed by atoms with Crippen LogP contribution in [0.5, 0.6) is 0 Å². The van der Waals surface area contributed by atoms with Crippen molar-refractivity contribution in [3.63, 3.8) is 0 Å². The molecule has 3 nitrogen and oxygen atoms in total. The number of pyridine rings is 1. The molecule has 0 amide bonds. The number of imidazole rings is 1. The van der Waals surface area contributed by atoms with Crippen LogP contribution in [0.4, 0.5) is 0 Å². The summed E-state index contributed by atoms with van der Waals surface area (Å²) in [5.74, 6) is 0.929. The molecule has 4 heterocycles. The highest BCUT2D eigenvalue weighted by molar-refractivity contribution is 7.26. The van der Waals surface area contributed by atoms with Crippen LogP contribution in [-0.4, -0.2) is 14.5 Å². The second-order valence-corrected chi connectivity index (χ2v) is 16.2. The van der Waals surface area contributed by atoms with Crippen molar-refractivity contribution < 1.29 is 0 Å². The molecule has 55 heavy (non-hydrogen) atoms. The third-order valence-electron chi connectivity index (χ3n) is 11.0. The highest BCUT2D eigenvalue weighted by Gasteiger charge is 2.21. The largest absolute Gasteiger partial charge is 0.292 e. The number of fused-ring (bicyclic) bond motifs is 11. The molecule has 0 aliphatic rings. The van der Waals surface area contributed by atoms with Crippen molar-refractivity contribution in [1.29, 1.82) is 0 Å². The molecule has 0 saturated carbocycles. The standard InChI is InChI=1S/C50H29N3S2/c1-2-12-33(13-3-1)53-42-19-9-8-18-41(42)52-50(53)31-24-22-30(23-25-31)37-29-39-46(47-36-16-6-11-21-44(36)55-49(37)47)35-15-4-7-17-40(35)51-48(39)32-26-27-45-38(28-32)34-14-5-10-20-43(34)54-45/h1-29H. The van der Waals surface area contributed by atoms with Gasteiger partial charge in [0.05, 0.1) is 22.2 Å². The lowest BCUT2D eigenvalue weighted by atomic mass is 9.91. The molecule has 0 unspecified atom stereocenters. The first-order valence-electron chi connectivity index (χ1n) is 18.5. The van der Waals surface area contributed by atoms with E-state index in [9.17, 15) is 0 Å². The number of para-hydroxylation sites is 4. The average molecular weight is 736 g/mol. The van der Waals surface area contributed by atoms with Crippen molar-refractivity contribution >= 4 is 95.7 Å². The van der Waals surface area contributed by atoms with Crippen LogP contribution in [-0.2, 0) is 0 Å². The molecule has 0 fully saturated rings. The van der Waals surface area contributed by atoms with Crippen LogP contribution in [0.2, 0.25) is 0 Å². The molecule has 5 heteroatoms. The minimum Gasteiger partial charge on any atom is -0.292 e. The van der Waals surface area contributed by atoms with E-state index in [-0.39, 0.29) is 0 Å². The first-order valence-corrected chi connectivity index (χ1v) is 20.1. The zero-order valence-electron chi connectivity index (χ0n) is 29.4. The highest BCUT2D eigenvalue weighted by atomic mass is 32.1. The third kappa shape index (κ3) is 4.67. The summed E-state index contributed by atoms with van der Waals surface area (Å²) in [6.45, 7) is 0. The van der Waals surface area contributed by atoms with E-state index in [0.717, 1.165) is 44.9 Å². The molecule has 8 aromatic carbocycles. The fourth-order valence-electron chi connectivity index (χ4n) is 8.49. The smallest absolute Gasteiger partial charge is 0.145 e. The fraction of sp³-hybridized carbons (Fsp3) is 0. The van der Waals surface area contributed by atoms with E-state index >= 15 is 0 Å². The molecule has 256 valence electrons. The fourth-order valence-corrected chi connectivity index (χ4v) is 10.8. The average Bonchev–Trinajstić information content (AvgIpc) is 3.95. The molecular formula is C50H29N3S2. The van der Waals surface area contributed by atoms with Gasteiger partial charge in [-0.05, 0) is 66.2 Å². The molecular weight excluding hydrogens is 707 g/mol. The number of hydrogen-bond donors (Lipinski definition) is 0. The summed E-state index contributed by atoms with van der Waals surface area (Å²) in [5, 5.41) is 8.76. The number of hydrogen-bond acceptors (Lipinski definition) is 4. The quantitative estimate of drug-likeness (QED) is 0.169. The number of nitrogens with zero attached hydrogens (tertiary/aromatic N) is 3. The number of rotatable bonds is 4. The van der Waals surface area contributed by atoms with Gasteiger partial charge in [0.25, 0.3) is 0 Å². The van der Waals surface area contributed by atoms with Crippen LogP contribution in [0.1, 0.15) is 0 Å². The molecule has 0 N–H and O–H groups in total. The lowest BCUT2D eigenvalue weighted by Crippen LogP contribution is -1.97. The van der Waals surface area contributed by atoms with Gasteiger partial charge in [0.2, 0.25) is 0 Å². The lowest BCUT2D eigenvalue weighted by Gasteiger charge is -2.15. The van der Waals surface area contributed by atoms with Crippen LogP contribution in [0.3, 0.4) is 0 Å². The summed E-state index contributed by atoms with van der Waals surface area (Å²) < 4.78 is 7.44. The summed E-state index contributed by atoms with van der Waals surface area (Å²) in [4.78, 5) is 10.6. The van der Waals surface area contributed by atoms with E-state index in [1.807, 2.05) is 22.7 Å². The minimum atomic E-state index is 0.929. The first kappa shape index (κ1) is 30.8. The Hall–Kier alpha value is -6.66. The first-order chi connectivity index (χ1) is 27.3. The molecule has 0 aliphatic carbocycles. The molecule has 0 spiro atoms. The topological polar surface area (TPSA) is 30.7 Å². The Labute approximate surface area is 324 Å². The van der Waals surface area contributed by atoms with Crippen LogP contribution >= 0.6 is 22.7 Å². The molecule has 12 rings (SSSR count). The monoisotopic (exact) mass is 735 g/mol. The maximum absolute atomic E-state index is 5.46. The van der Waals surface area contributed by atoms with Crippen LogP contribution in [0.15, 0.2) is 176 Å². The van der Waals surface area contributed by atoms with Crippen LogP contribution in [0, 0.1) is 0 Å². The summed E-state index contributed by atoms with van der Waals surface area (Å²) in [6, 6.07) is 63.4. The van der Waals surface area contributed by atoms with E-state index in [0.29, 0.717) is 0 Å². The van der Waals surface area contributed by atoms with Gasteiger partial charge in [0.1, 0.15) is 5.82 Å². The second kappa shape index (κ2) is 11.9. The van der Waals surface area contributed by atoms with E-state index in [1.54, 1.807) is 0 Å². The van der Waals surface area contributed by atoms with Crippen molar-refractivity contribution in [2.24, 2.45) is 0 Å². The van der Waals surface area contributed by atoms with Crippen molar-refractivity contribution in [1.82, 2.24) is 14.5 Å². The molecule has 0 aliphatic heterocycles. The van der Waals surface area contributed by atoms with Crippen LogP contribution < -0.4 is 0 Å². The summed E-state index contributed by atoms with van der Waals surface area (Å²) in [7, 11) is 0. The molecule has 0 bridgehead atoms. The second-order valence-electron chi connectivity index (χ2n) is 14.1. The summed E-state index contributed by atoms with van der Waals surface area (Å²) in [6.07, 6.45) is 0. The molecule has 12 aromatic rings. The minimum absolute atomic E-state index is 0.929. The van der Waals surface area contributed by atoms with Gasteiger partial charge in [-0.2, -0.15) is 0 Å². The molecule has 0 saturated heterocycles. The number of thiophene rings is 2. The van der Waals surface area contributed by atoms with Gasteiger partial charge in [0, 0.05) is 78.9 Å². The Balaban J connectivity index is 1.13. The maximum atomic E-state index is 5.46. The number of benzene rings is 8. The molecule has 0 atom stereocenters. The predicted octanol–water partition coefficient (Wildman–Crippen LogP) is 14.5. The Bertz CT molecular complexity index is 3480. The maximum Gasteiger partial charge on any atom is 0.145 e. The van der Waals surface area contributed by atoms with Gasteiger partial charge in [-0.15, -0.1) is 22.7 Å². The zero-order valence-corrected chi connectivity index (χ0v) is 31.0. The Morgan fingerprint density at radius 3 is 1.87 bits per heavy atom. The van der Waals surface area contributed by atoms with Gasteiger partial charge >= 0.3 is 0 Å². The molecule has 0 radical (unpaired) electrons. The predicted molar refractivity (Wildman–Crippen MR) is 236 cm³/mol. The van der Waals surface area contributed by atoms with Gasteiger partial charge in [-0.1, -0.05) is 115 Å². The van der Waals surface area contributed by atoms with Gasteiger partial charge in [0.15, 0.2) is 0 Å².